The van der Waals surface area contributed by atoms with Crippen LogP contribution in [0.3, 0.4) is 0 Å². The molecule has 14 heavy (non-hydrogen) atoms. The standard InChI is InChI=1S/C7H12BrN3O2S/c1-10(2)14(12,13)5-7-6(8)4-9-11(7)3/h4H,5H2,1-3H3. The van der Waals surface area contributed by atoms with E-state index in [2.05, 4.69) is 21.0 Å². The first kappa shape index (κ1) is 11.7. The number of aryl methyl sites for hydroxylation is 1. The molecule has 0 aliphatic heterocycles. The highest BCUT2D eigenvalue weighted by molar-refractivity contribution is 9.10. The molecular weight excluding hydrogens is 270 g/mol. The number of nitrogens with zero attached hydrogens (tertiary/aromatic N) is 3. The van der Waals surface area contributed by atoms with Gasteiger partial charge in [-0.3, -0.25) is 4.68 Å². The molecule has 0 saturated carbocycles. The second-order valence-corrected chi connectivity index (χ2v) is 6.14. The van der Waals surface area contributed by atoms with E-state index in [9.17, 15) is 8.42 Å². The molecule has 5 nitrogen and oxygen atoms in total. The molecule has 0 aliphatic carbocycles. The fourth-order valence-electron chi connectivity index (χ4n) is 0.900. The molecule has 1 heterocycles. The average Bonchev–Trinajstić information content (AvgIpc) is 2.35. The third kappa shape index (κ3) is 2.34. The van der Waals surface area contributed by atoms with Gasteiger partial charge in [-0.05, 0) is 15.9 Å². The van der Waals surface area contributed by atoms with E-state index in [1.807, 2.05) is 0 Å². The van der Waals surface area contributed by atoms with Crippen LogP contribution in [0.4, 0.5) is 0 Å². The van der Waals surface area contributed by atoms with Crippen LogP contribution in [0.2, 0.25) is 0 Å². The van der Waals surface area contributed by atoms with E-state index in [-0.39, 0.29) is 5.75 Å². The topological polar surface area (TPSA) is 55.2 Å². The quantitative estimate of drug-likeness (QED) is 0.814. The van der Waals surface area contributed by atoms with Crippen molar-refractivity contribution in [3.8, 4) is 0 Å². The van der Waals surface area contributed by atoms with E-state index in [4.69, 9.17) is 0 Å². The van der Waals surface area contributed by atoms with Crippen LogP contribution in [0.5, 0.6) is 0 Å². The van der Waals surface area contributed by atoms with Crippen LogP contribution in [0.25, 0.3) is 0 Å². The molecule has 0 unspecified atom stereocenters. The summed E-state index contributed by atoms with van der Waals surface area (Å²) in [5, 5.41) is 3.95. The fourth-order valence-corrected chi connectivity index (χ4v) is 2.52. The molecule has 0 N–H and O–H groups in total. The highest BCUT2D eigenvalue weighted by atomic mass is 79.9. The fraction of sp³-hybridized carbons (Fsp3) is 0.571. The van der Waals surface area contributed by atoms with Crippen molar-refractivity contribution >= 4 is 26.0 Å². The zero-order chi connectivity index (χ0) is 10.9. The summed E-state index contributed by atoms with van der Waals surface area (Å²) in [6, 6.07) is 0. The molecular formula is C7H12BrN3O2S. The van der Waals surface area contributed by atoms with Crippen molar-refractivity contribution in [2.24, 2.45) is 7.05 Å². The first-order valence-electron chi connectivity index (χ1n) is 3.91. The molecule has 0 spiro atoms. The van der Waals surface area contributed by atoms with Gasteiger partial charge in [-0.2, -0.15) is 5.10 Å². The Morgan fingerprint density at radius 1 is 1.57 bits per heavy atom. The number of hydrogen-bond donors (Lipinski definition) is 0. The predicted octanol–water partition coefficient (Wildman–Crippen LogP) is 0.574. The Bertz CT molecular complexity index is 405. The maximum absolute atomic E-state index is 11.6. The molecule has 7 heteroatoms. The lowest BCUT2D eigenvalue weighted by Crippen LogP contribution is -2.24. The Labute approximate surface area is 91.9 Å². The van der Waals surface area contributed by atoms with Crippen molar-refractivity contribution in [3.63, 3.8) is 0 Å². The summed E-state index contributed by atoms with van der Waals surface area (Å²) in [7, 11) is 1.52. The van der Waals surface area contributed by atoms with Crippen molar-refractivity contribution in [1.29, 1.82) is 0 Å². The van der Waals surface area contributed by atoms with Crippen molar-refractivity contribution in [1.82, 2.24) is 14.1 Å². The lowest BCUT2D eigenvalue weighted by atomic mass is 10.5. The van der Waals surface area contributed by atoms with E-state index < -0.39 is 10.0 Å². The third-order valence-electron chi connectivity index (χ3n) is 1.89. The van der Waals surface area contributed by atoms with Crippen LogP contribution in [0.1, 0.15) is 5.69 Å². The monoisotopic (exact) mass is 281 g/mol. The van der Waals surface area contributed by atoms with Gasteiger partial charge in [0.2, 0.25) is 10.0 Å². The highest BCUT2D eigenvalue weighted by Gasteiger charge is 2.18. The van der Waals surface area contributed by atoms with Crippen LogP contribution in [-0.4, -0.2) is 36.6 Å². The van der Waals surface area contributed by atoms with Crippen LogP contribution >= 0.6 is 15.9 Å². The molecule has 0 amide bonds. The summed E-state index contributed by atoms with van der Waals surface area (Å²) in [5.74, 6) is -0.0446. The number of rotatable bonds is 3. The Balaban J connectivity index is 3.01. The molecule has 80 valence electrons. The van der Waals surface area contributed by atoms with Crippen molar-refractivity contribution in [3.05, 3.63) is 16.4 Å². The SMILES string of the molecule is CN(C)S(=O)(=O)Cc1c(Br)cnn1C. The second kappa shape index (κ2) is 4.00. The van der Waals surface area contributed by atoms with E-state index in [0.29, 0.717) is 10.2 Å². The Morgan fingerprint density at radius 3 is 2.50 bits per heavy atom. The first-order valence-corrected chi connectivity index (χ1v) is 6.31. The summed E-state index contributed by atoms with van der Waals surface area (Å²) < 4.78 is 26.6. The molecule has 1 aromatic rings. The zero-order valence-corrected chi connectivity index (χ0v) is 10.6. The van der Waals surface area contributed by atoms with Gasteiger partial charge >= 0.3 is 0 Å². The number of aromatic nitrogens is 2. The van der Waals surface area contributed by atoms with Gasteiger partial charge in [0.25, 0.3) is 0 Å². The Hall–Kier alpha value is -0.400. The maximum Gasteiger partial charge on any atom is 0.219 e. The average molecular weight is 282 g/mol. The minimum Gasteiger partial charge on any atom is -0.270 e. The minimum absolute atomic E-state index is 0.0446. The summed E-state index contributed by atoms with van der Waals surface area (Å²) in [5.41, 5.74) is 0.652. The largest absolute Gasteiger partial charge is 0.270 e. The molecule has 0 saturated heterocycles. The summed E-state index contributed by atoms with van der Waals surface area (Å²) >= 11 is 3.25. The maximum atomic E-state index is 11.6. The first-order chi connectivity index (χ1) is 6.34. The van der Waals surface area contributed by atoms with Crippen molar-refractivity contribution < 1.29 is 8.42 Å². The van der Waals surface area contributed by atoms with Gasteiger partial charge in [-0.25, -0.2) is 12.7 Å². The zero-order valence-electron chi connectivity index (χ0n) is 8.23. The van der Waals surface area contributed by atoms with E-state index in [0.717, 1.165) is 0 Å². The van der Waals surface area contributed by atoms with E-state index in [1.54, 1.807) is 17.9 Å². The lowest BCUT2D eigenvalue weighted by Gasteiger charge is -2.11. The van der Waals surface area contributed by atoms with Gasteiger partial charge in [0.15, 0.2) is 0 Å². The molecule has 0 fully saturated rings. The van der Waals surface area contributed by atoms with Gasteiger partial charge in [0.05, 0.1) is 16.4 Å². The number of halogens is 1. The van der Waals surface area contributed by atoms with Crippen molar-refractivity contribution in [2.45, 2.75) is 5.75 Å². The molecule has 0 radical (unpaired) electrons. The van der Waals surface area contributed by atoms with Gasteiger partial charge < -0.3 is 0 Å². The van der Waals surface area contributed by atoms with E-state index >= 15 is 0 Å². The van der Waals surface area contributed by atoms with Gasteiger partial charge in [0, 0.05) is 21.1 Å². The van der Waals surface area contributed by atoms with Gasteiger partial charge in [0.1, 0.15) is 5.75 Å². The summed E-state index contributed by atoms with van der Waals surface area (Å²) in [6.45, 7) is 0. The summed E-state index contributed by atoms with van der Waals surface area (Å²) in [4.78, 5) is 0. The lowest BCUT2D eigenvalue weighted by molar-refractivity contribution is 0.517. The van der Waals surface area contributed by atoms with E-state index in [1.165, 1.54) is 18.4 Å². The Morgan fingerprint density at radius 2 is 2.14 bits per heavy atom. The predicted molar refractivity (Wildman–Crippen MR) is 57.2 cm³/mol. The molecule has 1 rings (SSSR count). The van der Waals surface area contributed by atoms with Crippen molar-refractivity contribution in [2.75, 3.05) is 14.1 Å². The summed E-state index contributed by atoms with van der Waals surface area (Å²) in [6.07, 6.45) is 1.58. The van der Waals surface area contributed by atoms with Crippen LogP contribution < -0.4 is 0 Å². The van der Waals surface area contributed by atoms with Gasteiger partial charge in [-0.1, -0.05) is 0 Å². The van der Waals surface area contributed by atoms with Crippen LogP contribution in [-0.2, 0) is 22.8 Å². The molecule has 0 aliphatic rings. The molecule has 0 atom stereocenters. The van der Waals surface area contributed by atoms with Crippen LogP contribution in [0.15, 0.2) is 10.7 Å². The molecule has 1 aromatic heterocycles. The number of hydrogen-bond acceptors (Lipinski definition) is 3. The smallest absolute Gasteiger partial charge is 0.219 e. The van der Waals surface area contributed by atoms with Crippen LogP contribution in [0, 0.1) is 0 Å². The third-order valence-corrected chi connectivity index (χ3v) is 4.30. The molecule has 0 aromatic carbocycles. The normalized spacial score (nSPS) is 12.4. The molecule has 0 bridgehead atoms. The second-order valence-electron chi connectivity index (χ2n) is 3.10. The highest BCUT2D eigenvalue weighted by Crippen LogP contribution is 2.18. The van der Waals surface area contributed by atoms with Gasteiger partial charge in [-0.15, -0.1) is 0 Å². The minimum atomic E-state index is -3.22. The Kier molecular flexibility index (Phi) is 3.33. The number of sulfonamides is 1.